The summed E-state index contributed by atoms with van der Waals surface area (Å²) >= 11 is 0. The van der Waals surface area contributed by atoms with Gasteiger partial charge in [-0.2, -0.15) is 0 Å². The van der Waals surface area contributed by atoms with Crippen LogP contribution in [-0.2, 0) is 16.0 Å². The first-order valence-corrected chi connectivity index (χ1v) is 11.2. The summed E-state index contributed by atoms with van der Waals surface area (Å²) < 4.78 is 5.23. The van der Waals surface area contributed by atoms with Crippen LogP contribution >= 0.6 is 0 Å². The monoisotopic (exact) mass is 421 g/mol. The zero-order valence-electron chi connectivity index (χ0n) is 18.4. The van der Waals surface area contributed by atoms with Gasteiger partial charge in [0, 0.05) is 31.9 Å². The number of benzene rings is 2. The molecule has 2 saturated heterocycles. The largest absolute Gasteiger partial charge is 0.497 e. The van der Waals surface area contributed by atoms with Gasteiger partial charge in [0.05, 0.1) is 25.3 Å². The number of hydrogen-bond donors (Lipinski definition) is 0. The van der Waals surface area contributed by atoms with Crippen LogP contribution in [0.15, 0.2) is 48.5 Å². The first kappa shape index (κ1) is 21.4. The fourth-order valence-corrected chi connectivity index (χ4v) is 4.45. The van der Waals surface area contributed by atoms with Crippen LogP contribution in [0.4, 0.5) is 11.4 Å². The van der Waals surface area contributed by atoms with Gasteiger partial charge < -0.3 is 9.64 Å². The molecule has 0 radical (unpaired) electrons. The Morgan fingerprint density at radius 2 is 1.55 bits per heavy atom. The lowest BCUT2D eigenvalue weighted by Crippen LogP contribution is -2.52. The third-order valence-electron chi connectivity index (χ3n) is 6.33. The Labute approximate surface area is 184 Å². The maximum atomic E-state index is 13.1. The number of anilines is 2. The van der Waals surface area contributed by atoms with Crippen LogP contribution in [0.2, 0.25) is 0 Å². The fraction of sp³-hybridized carbons (Fsp3) is 0.440. The molecule has 2 fully saturated rings. The summed E-state index contributed by atoms with van der Waals surface area (Å²) in [5.41, 5.74) is 3.09. The van der Waals surface area contributed by atoms with Crippen molar-refractivity contribution in [3.05, 3.63) is 54.1 Å². The summed E-state index contributed by atoms with van der Waals surface area (Å²) in [5, 5.41) is 0. The number of unbranched alkanes of at least 4 members (excludes halogenated alkanes) is 1. The van der Waals surface area contributed by atoms with Crippen molar-refractivity contribution in [3.63, 3.8) is 0 Å². The average molecular weight is 422 g/mol. The summed E-state index contributed by atoms with van der Waals surface area (Å²) in [6, 6.07) is 15.6. The normalized spacial score (nSPS) is 19.9. The molecule has 0 aliphatic carbocycles. The highest BCUT2D eigenvalue weighted by Crippen LogP contribution is 2.28. The van der Waals surface area contributed by atoms with Gasteiger partial charge in [-0.25, -0.2) is 4.90 Å². The third-order valence-corrected chi connectivity index (χ3v) is 6.33. The molecule has 0 spiro atoms. The van der Waals surface area contributed by atoms with Gasteiger partial charge in [-0.1, -0.05) is 25.5 Å². The Bertz CT molecular complexity index is 903. The zero-order chi connectivity index (χ0) is 21.8. The van der Waals surface area contributed by atoms with E-state index in [1.165, 1.54) is 10.5 Å². The van der Waals surface area contributed by atoms with Gasteiger partial charge >= 0.3 is 0 Å². The number of imide groups is 1. The molecule has 2 heterocycles. The van der Waals surface area contributed by atoms with Crippen LogP contribution < -0.4 is 14.5 Å². The number of carbonyl (C=O) groups excluding carboxylic acids is 2. The molecule has 2 aromatic carbocycles. The van der Waals surface area contributed by atoms with Crippen LogP contribution in [0, 0.1) is 0 Å². The van der Waals surface area contributed by atoms with Crippen molar-refractivity contribution in [2.24, 2.45) is 0 Å². The van der Waals surface area contributed by atoms with Crippen molar-refractivity contribution in [1.29, 1.82) is 0 Å². The second-order valence-corrected chi connectivity index (χ2v) is 8.28. The minimum atomic E-state index is -0.356. The minimum Gasteiger partial charge on any atom is -0.497 e. The second-order valence-electron chi connectivity index (χ2n) is 8.28. The predicted octanol–water partition coefficient (Wildman–Crippen LogP) is 3.49. The third kappa shape index (κ3) is 4.59. The minimum absolute atomic E-state index is 0.0933. The molecule has 164 valence electrons. The van der Waals surface area contributed by atoms with E-state index in [1.54, 1.807) is 7.11 Å². The number of ether oxygens (including phenoxy) is 1. The molecule has 31 heavy (non-hydrogen) atoms. The lowest BCUT2D eigenvalue weighted by Gasteiger charge is -2.38. The first-order valence-electron chi connectivity index (χ1n) is 11.2. The Kier molecular flexibility index (Phi) is 6.56. The molecule has 0 N–H and O–H groups in total. The lowest BCUT2D eigenvalue weighted by molar-refractivity contribution is -0.123. The van der Waals surface area contributed by atoms with E-state index in [1.807, 2.05) is 36.4 Å². The Morgan fingerprint density at radius 1 is 0.903 bits per heavy atom. The molecular formula is C25H31N3O3. The molecule has 2 amide bonds. The van der Waals surface area contributed by atoms with E-state index in [-0.39, 0.29) is 24.3 Å². The maximum Gasteiger partial charge on any atom is 0.251 e. The second kappa shape index (κ2) is 9.52. The van der Waals surface area contributed by atoms with Crippen LogP contribution in [-0.4, -0.2) is 56.0 Å². The zero-order valence-corrected chi connectivity index (χ0v) is 18.4. The summed E-state index contributed by atoms with van der Waals surface area (Å²) in [7, 11) is 1.66. The standard InChI is InChI=1S/C25H31N3O3/c1-3-4-5-19-6-8-21(9-7-19)28-24(29)18-23(25(28)30)27-16-14-26(15-17-27)20-10-12-22(31-2)13-11-20/h6-13,23H,3-5,14-18H2,1-2H3. The van der Waals surface area contributed by atoms with Gasteiger partial charge in [0.15, 0.2) is 0 Å². The number of nitrogens with zero attached hydrogens (tertiary/aromatic N) is 3. The van der Waals surface area contributed by atoms with Crippen molar-refractivity contribution < 1.29 is 14.3 Å². The van der Waals surface area contributed by atoms with E-state index in [2.05, 4.69) is 28.9 Å². The van der Waals surface area contributed by atoms with Gasteiger partial charge in [-0.3, -0.25) is 14.5 Å². The van der Waals surface area contributed by atoms with Crippen LogP contribution in [0.1, 0.15) is 31.7 Å². The first-order chi connectivity index (χ1) is 15.1. The van der Waals surface area contributed by atoms with Crippen LogP contribution in [0.5, 0.6) is 5.75 Å². The highest BCUT2D eigenvalue weighted by atomic mass is 16.5. The quantitative estimate of drug-likeness (QED) is 0.641. The van der Waals surface area contributed by atoms with Crippen molar-refractivity contribution in [1.82, 2.24) is 4.90 Å². The van der Waals surface area contributed by atoms with E-state index in [4.69, 9.17) is 4.74 Å². The Hall–Kier alpha value is -2.86. The van der Waals surface area contributed by atoms with Crippen LogP contribution in [0.25, 0.3) is 0 Å². The lowest BCUT2D eigenvalue weighted by atomic mass is 10.1. The number of hydrogen-bond acceptors (Lipinski definition) is 5. The molecule has 4 rings (SSSR count). The topological polar surface area (TPSA) is 53.1 Å². The van der Waals surface area contributed by atoms with E-state index in [9.17, 15) is 9.59 Å². The summed E-state index contributed by atoms with van der Waals surface area (Å²) in [6.07, 6.45) is 3.59. The molecule has 0 aromatic heterocycles. The Morgan fingerprint density at radius 3 is 2.16 bits per heavy atom. The van der Waals surface area contributed by atoms with E-state index >= 15 is 0 Å². The SMILES string of the molecule is CCCCc1ccc(N2C(=O)CC(N3CCN(c4ccc(OC)cc4)CC3)C2=O)cc1. The van der Waals surface area contributed by atoms with Crippen molar-refractivity contribution in [2.75, 3.05) is 43.1 Å². The smallest absolute Gasteiger partial charge is 0.251 e. The summed E-state index contributed by atoms with van der Waals surface area (Å²) in [6.45, 7) is 5.36. The van der Waals surface area contributed by atoms with Crippen molar-refractivity contribution >= 4 is 23.2 Å². The van der Waals surface area contributed by atoms with Gasteiger partial charge in [0.1, 0.15) is 5.75 Å². The highest BCUT2D eigenvalue weighted by molar-refractivity contribution is 6.22. The number of carbonyl (C=O) groups is 2. The fourth-order valence-electron chi connectivity index (χ4n) is 4.45. The molecule has 2 aromatic rings. The average Bonchev–Trinajstić information content (AvgIpc) is 3.12. The number of amides is 2. The molecule has 6 heteroatoms. The molecule has 1 unspecified atom stereocenters. The van der Waals surface area contributed by atoms with Crippen molar-refractivity contribution in [3.8, 4) is 5.75 Å². The maximum absolute atomic E-state index is 13.1. The molecule has 6 nitrogen and oxygen atoms in total. The van der Waals surface area contributed by atoms with Gasteiger partial charge in [0.2, 0.25) is 5.91 Å². The predicted molar refractivity (Wildman–Crippen MR) is 123 cm³/mol. The summed E-state index contributed by atoms with van der Waals surface area (Å²) in [4.78, 5) is 31.7. The van der Waals surface area contributed by atoms with Crippen LogP contribution in [0.3, 0.4) is 0 Å². The van der Waals surface area contributed by atoms with E-state index in [0.717, 1.165) is 56.9 Å². The molecule has 0 saturated carbocycles. The number of piperazine rings is 1. The van der Waals surface area contributed by atoms with E-state index in [0.29, 0.717) is 5.69 Å². The molecular weight excluding hydrogens is 390 g/mol. The van der Waals surface area contributed by atoms with Crippen molar-refractivity contribution in [2.45, 2.75) is 38.6 Å². The van der Waals surface area contributed by atoms with Gasteiger partial charge in [0.25, 0.3) is 5.91 Å². The molecule has 1 atom stereocenters. The number of rotatable bonds is 7. The number of methoxy groups -OCH3 is 1. The molecule has 2 aliphatic heterocycles. The van der Waals surface area contributed by atoms with Gasteiger partial charge in [-0.15, -0.1) is 0 Å². The van der Waals surface area contributed by atoms with E-state index < -0.39 is 0 Å². The molecule has 2 aliphatic rings. The Balaban J connectivity index is 1.37. The number of aryl methyl sites for hydroxylation is 1. The molecule has 0 bridgehead atoms. The summed E-state index contributed by atoms with van der Waals surface area (Å²) in [5.74, 6) is 0.647. The van der Waals surface area contributed by atoms with Gasteiger partial charge in [-0.05, 0) is 54.8 Å². The highest BCUT2D eigenvalue weighted by Gasteiger charge is 2.43.